The van der Waals surface area contributed by atoms with Gasteiger partial charge in [-0.3, -0.25) is 4.98 Å². The first kappa shape index (κ1) is 25.3. The minimum Gasteiger partial charge on any atom is -0.495 e. The van der Waals surface area contributed by atoms with Crippen LogP contribution in [0.4, 0.5) is 26.3 Å². The molecule has 0 unspecified atom stereocenters. The van der Waals surface area contributed by atoms with Crippen LogP contribution in [0, 0.1) is 6.92 Å². The Kier molecular flexibility index (Phi) is 6.79. The normalized spacial score (nSPS) is 12.1. The van der Waals surface area contributed by atoms with Gasteiger partial charge in [0.2, 0.25) is 0 Å². The molecule has 0 aliphatic rings. The lowest BCUT2D eigenvalue weighted by Gasteiger charge is -2.14. The van der Waals surface area contributed by atoms with Gasteiger partial charge in [0.25, 0.3) is 0 Å². The first-order chi connectivity index (χ1) is 16.9. The average molecular weight is 505 g/mol. The number of hydrogen-bond acceptors (Lipinski definition) is 3. The van der Waals surface area contributed by atoms with Crippen LogP contribution in [0.1, 0.15) is 39.3 Å². The van der Waals surface area contributed by atoms with Gasteiger partial charge in [0, 0.05) is 30.4 Å². The van der Waals surface area contributed by atoms with Crippen molar-refractivity contribution in [2.75, 3.05) is 7.11 Å². The van der Waals surface area contributed by atoms with Crippen molar-refractivity contribution in [1.29, 1.82) is 0 Å². The number of pyridine rings is 1. The maximum absolute atomic E-state index is 13.6. The molecule has 0 N–H and O–H groups in total. The van der Waals surface area contributed by atoms with E-state index >= 15 is 0 Å². The molecular formula is C26H21F6N3O. The monoisotopic (exact) mass is 505 g/mol. The summed E-state index contributed by atoms with van der Waals surface area (Å²) in [6.45, 7) is 1.84. The van der Waals surface area contributed by atoms with Gasteiger partial charge in [-0.05, 0) is 48.4 Å². The standard InChI is InChI=1S/C26H21F6N3O/c1-16-14-35(15-33-16)23-7-6-18(11-24(23)36-2)10-22-13-20(26(30,31)32)12-21(34-22)9-17-4-3-5-19(8-17)25(27,28)29/h3-8,11-15H,9-10H2,1-2H3. The van der Waals surface area contributed by atoms with Crippen LogP contribution < -0.4 is 4.74 Å². The molecule has 0 saturated carbocycles. The second-order valence-electron chi connectivity index (χ2n) is 8.32. The van der Waals surface area contributed by atoms with E-state index in [1.165, 1.54) is 19.2 Å². The molecule has 0 atom stereocenters. The van der Waals surface area contributed by atoms with E-state index < -0.39 is 23.5 Å². The van der Waals surface area contributed by atoms with Crippen molar-refractivity contribution in [3.63, 3.8) is 0 Å². The van der Waals surface area contributed by atoms with Crippen molar-refractivity contribution in [3.05, 3.63) is 106 Å². The molecule has 0 spiro atoms. The van der Waals surface area contributed by atoms with Crippen molar-refractivity contribution < 1.29 is 31.1 Å². The second kappa shape index (κ2) is 9.67. The summed E-state index contributed by atoms with van der Waals surface area (Å²) in [5.41, 5.74) is 0.774. The number of nitrogens with zero attached hydrogens (tertiary/aromatic N) is 3. The van der Waals surface area contributed by atoms with E-state index in [9.17, 15) is 26.3 Å². The van der Waals surface area contributed by atoms with E-state index in [0.29, 0.717) is 17.0 Å². The van der Waals surface area contributed by atoms with Crippen LogP contribution in [0.3, 0.4) is 0 Å². The Hall–Kier alpha value is -3.82. The molecular weight excluding hydrogens is 484 g/mol. The summed E-state index contributed by atoms with van der Waals surface area (Å²) < 4.78 is 87.2. The van der Waals surface area contributed by atoms with Crippen LogP contribution in [-0.4, -0.2) is 21.6 Å². The topological polar surface area (TPSA) is 39.9 Å². The first-order valence-corrected chi connectivity index (χ1v) is 10.8. The van der Waals surface area contributed by atoms with Crippen molar-refractivity contribution in [3.8, 4) is 11.4 Å². The SMILES string of the molecule is COc1cc(Cc2cc(C(F)(F)F)cc(Cc3cccc(C(F)(F)F)c3)n2)ccc1-n1cnc(C)c1. The zero-order chi connectivity index (χ0) is 26.1. The third kappa shape index (κ3) is 5.87. The van der Waals surface area contributed by atoms with E-state index in [4.69, 9.17) is 4.74 Å². The predicted octanol–water partition coefficient (Wildman–Crippen LogP) is 6.80. The van der Waals surface area contributed by atoms with Crippen molar-refractivity contribution >= 4 is 0 Å². The lowest BCUT2D eigenvalue weighted by atomic mass is 10.0. The van der Waals surface area contributed by atoms with Gasteiger partial charge in [-0.1, -0.05) is 24.3 Å². The number of imidazole rings is 1. The number of methoxy groups -OCH3 is 1. The number of rotatable bonds is 6. The molecule has 0 amide bonds. The van der Waals surface area contributed by atoms with Gasteiger partial charge in [-0.15, -0.1) is 0 Å². The molecule has 2 heterocycles. The number of aryl methyl sites for hydroxylation is 1. The van der Waals surface area contributed by atoms with E-state index in [1.807, 2.05) is 13.1 Å². The highest BCUT2D eigenvalue weighted by atomic mass is 19.4. The number of hydrogen-bond donors (Lipinski definition) is 0. The van der Waals surface area contributed by atoms with Crippen LogP contribution >= 0.6 is 0 Å². The molecule has 2 aromatic heterocycles. The van der Waals surface area contributed by atoms with Crippen molar-refractivity contribution in [1.82, 2.24) is 14.5 Å². The molecule has 0 radical (unpaired) electrons. The fraction of sp³-hybridized carbons (Fsp3) is 0.231. The zero-order valence-electron chi connectivity index (χ0n) is 19.3. The molecule has 4 aromatic rings. The number of halogens is 6. The summed E-state index contributed by atoms with van der Waals surface area (Å²) in [4.78, 5) is 8.51. The summed E-state index contributed by atoms with van der Waals surface area (Å²) in [6.07, 6.45) is -5.86. The molecule has 2 aromatic carbocycles. The van der Waals surface area contributed by atoms with Crippen LogP contribution in [-0.2, 0) is 25.2 Å². The lowest BCUT2D eigenvalue weighted by molar-refractivity contribution is -0.138. The van der Waals surface area contributed by atoms with Gasteiger partial charge in [0.05, 0.1) is 35.9 Å². The van der Waals surface area contributed by atoms with Gasteiger partial charge in [0.15, 0.2) is 0 Å². The van der Waals surface area contributed by atoms with E-state index in [1.54, 1.807) is 29.1 Å². The molecule has 0 bridgehead atoms. The highest BCUT2D eigenvalue weighted by molar-refractivity contribution is 5.50. The molecule has 0 aliphatic carbocycles. The quantitative estimate of drug-likeness (QED) is 0.271. The predicted molar refractivity (Wildman–Crippen MR) is 121 cm³/mol. The van der Waals surface area contributed by atoms with Crippen LogP contribution in [0.25, 0.3) is 5.69 Å². The van der Waals surface area contributed by atoms with E-state index in [-0.39, 0.29) is 29.8 Å². The Morgan fingerprint density at radius 1 is 0.806 bits per heavy atom. The second-order valence-corrected chi connectivity index (χ2v) is 8.32. The first-order valence-electron chi connectivity index (χ1n) is 10.8. The van der Waals surface area contributed by atoms with Gasteiger partial charge in [-0.2, -0.15) is 26.3 Å². The maximum Gasteiger partial charge on any atom is 0.416 e. The largest absolute Gasteiger partial charge is 0.495 e. The Morgan fingerprint density at radius 2 is 1.44 bits per heavy atom. The Bertz CT molecular complexity index is 1370. The molecule has 36 heavy (non-hydrogen) atoms. The molecule has 0 aliphatic heterocycles. The van der Waals surface area contributed by atoms with Crippen molar-refractivity contribution in [2.45, 2.75) is 32.1 Å². The summed E-state index contributed by atoms with van der Waals surface area (Å²) in [7, 11) is 1.49. The molecule has 0 fully saturated rings. The number of aromatic nitrogens is 3. The van der Waals surface area contributed by atoms with Gasteiger partial charge in [-0.25, -0.2) is 4.98 Å². The molecule has 4 rings (SSSR count). The van der Waals surface area contributed by atoms with Crippen LogP contribution in [0.5, 0.6) is 5.75 Å². The zero-order valence-corrected chi connectivity index (χ0v) is 19.3. The summed E-state index contributed by atoms with van der Waals surface area (Å²) in [5.74, 6) is 0.501. The average Bonchev–Trinajstić information content (AvgIpc) is 3.24. The minimum absolute atomic E-state index is 0.0247. The van der Waals surface area contributed by atoms with Gasteiger partial charge < -0.3 is 9.30 Å². The molecule has 188 valence electrons. The maximum atomic E-state index is 13.6. The lowest BCUT2D eigenvalue weighted by Crippen LogP contribution is -2.10. The number of benzene rings is 2. The summed E-state index contributed by atoms with van der Waals surface area (Å²) in [5, 5.41) is 0. The fourth-order valence-corrected chi connectivity index (χ4v) is 3.87. The Balaban J connectivity index is 1.66. The van der Waals surface area contributed by atoms with Gasteiger partial charge in [0.1, 0.15) is 5.75 Å². The van der Waals surface area contributed by atoms with Crippen LogP contribution in [0.15, 0.2) is 67.1 Å². The molecule has 4 nitrogen and oxygen atoms in total. The number of ether oxygens (including phenoxy) is 1. The Labute approximate surface area is 203 Å². The third-order valence-electron chi connectivity index (χ3n) is 5.52. The van der Waals surface area contributed by atoms with Crippen LogP contribution in [0.2, 0.25) is 0 Å². The fourth-order valence-electron chi connectivity index (χ4n) is 3.87. The van der Waals surface area contributed by atoms with E-state index in [0.717, 1.165) is 30.0 Å². The highest BCUT2D eigenvalue weighted by Gasteiger charge is 2.32. The Morgan fingerprint density at radius 3 is 2.00 bits per heavy atom. The third-order valence-corrected chi connectivity index (χ3v) is 5.52. The van der Waals surface area contributed by atoms with E-state index in [2.05, 4.69) is 9.97 Å². The molecule has 0 saturated heterocycles. The summed E-state index contributed by atoms with van der Waals surface area (Å²) >= 11 is 0. The number of alkyl halides is 6. The van der Waals surface area contributed by atoms with Crippen molar-refractivity contribution in [2.24, 2.45) is 0 Å². The van der Waals surface area contributed by atoms with Gasteiger partial charge >= 0.3 is 12.4 Å². The minimum atomic E-state index is -4.64. The summed E-state index contributed by atoms with van der Waals surface area (Å²) in [6, 6.07) is 11.5. The highest BCUT2D eigenvalue weighted by Crippen LogP contribution is 2.33. The smallest absolute Gasteiger partial charge is 0.416 e. The molecule has 10 heteroatoms.